The number of fused-ring (bicyclic) bond motifs is 6. The smallest absolute Gasteiger partial charge is 0.201 e. The van der Waals surface area contributed by atoms with Crippen LogP contribution in [-0.2, 0) is 0 Å². The molecule has 0 bridgehead atoms. The van der Waals surface area contributed by atoms with Crippen molar-refractivity contribution < 1.29 is 0 Å². The predicted octanol–water partition coefficient (Wildman–Crippen LogP) is 14.6. The molecule has 0 saturated carbocycles. The first-order chi connectivity index (χ1) is 30.7. The molecule has 1 N–H and O–H groups in total. The Morgan fingerprint density at radius 2 is 0.774 bits per heavy atom. The topological polar surface area (TPSA) is 34.2 Å². The number of para-hydroxylation sites is 2. The van der Waals surface area contributed by atoms with Gasteiger partial charge in [0.05, 0.1) is 27.8 Å². The Balaban J connectivity index is 0.930. The van der Waals surface area contributed by atoms with Crippen LogP contribution in [-0.4, -0.2) is 14.8 Å². The molecule has 9 aromatic carbocycles. The SMILES string of the molecule is C1=CC(c2cccc(-c3ccc(-c4ccccc4)cc3)c2)=NC(n2c3ccccc3c3cc(-c4ccc5c(c4)c4cc(-c6ccccc6)ccc4n5-c4ccccc4)ccc32)N1. The molecule has 3 heterocycles. The van der Waals surface area contributed by atoms with E-state index < -0.39 is 0 Å². The van der Waals surface area contributed by atoms with Crippen molar-refractivity contribution in [1.82, 2.24) is 14.5 Å². The van der Waals surface area contributed by atoms with Crippen LogP contribution in [0.25, 0.3) is 93.8 Å². The fourth-order valence-electron chi connectivity index (χ4n) is 9.39. The highest BCUT2D eigenvalue weighted by molar-refractivity contribution is 6.13. The van der Waals surface area contributed by atoms with Gasteiger partial charge in [-0.3, -0.25) is 0 Å². The molecule has 0 radical (unpaired) electrons. The van der Waals surface area contributed by atoms with Gasteiger partial charge >= 0.3 is 0 Å². The van der Waals surface area contributed by atoms with E-state index in [2.05, 4.69) is 239 Å². The average molecular weight is 793 g/mol. The first kappa shape index (κ1) is 35.7. The summed E-state index contributed by atoms with van der Waals surface area (Å²) in [6, 6.07) is 78.8. The van der Waals surface area contributed by atoms with Crippen LogP contribution in [0, 0.1) is 0 Å². The summed E-state index contributed by atoms with van der Waals surface area (Å²) < 4.78 is 4.73. The molecule has 1 unspecified atom stereocenters. The van der Waals surface area contributed by atoms with Crippen molar-refractivity contribution in [3.8, 4) is 50.2 Å². The van der Waals surface area contributed by atoms with Gasteiger partial charge in [0.15, 0.2) is 0 Å². The Morgan fingerprint density at radius 1 is 0.339 bits per heavy atom. The third kappa shape index (κ3) is 6.12. The maximum absolute atomic E-state index is 5.36. The lowest BCUT2D eigenvalue weighted by atomic mass is 9.98. The highest BCUT2D eigenvalue weighted by Crippen LogP contribution is 2.40. The maximum Gasteiger partial charge on any atom is 0.201 e. The second-order valence-corrected chi connectivity index (χ2v) is 16.0. The van der Waals surface area contributed by atoms with Crippen LogP contribution in [0.1, 0.15) is 11.9 Å². The van der Waals surface area contributed by atoms with Gasteiger partial charge in [-0.05, 0) is 111 Å². The van der Waals surface area contributed by atoms with E-state index in [9.17, 15) is 0 Å². The van der Waals surface area contributed by atoms with Gasteiger partial charge < -0.3 is 14.5 Å². The van der Waals surface area contributed by atoms with Crippen molar-refractivity contribution in [2.24, 2.45) is 4.99 Å². The van der Waals surface area contributed by atoms with Gasteiger partial charge in [0.1, 0.15) is 0 Å². The molecule has 0 aliphatic carbocycles. The molecule has 0 saturated heterocycles. The molecular formula is C58H40N4. The fraction of sp³-hybridized carbons (Fsp3) is 0.0172. The molecule has 0 fully saturated rings. The molecule has 0 amide bonds. The van der Waals surface area contributed by atoms with Gasteiger partial charge in [0.2, 0.25) is 6.29 Å². The summed E-state index contributed by atoms with van der Waals surface area (Å²) in [5.74, 6) is 0. The van der Waals surface area contributed by atoms with E-state index in [0.717, 1.165) is 33.6 Å². The van der Waals surface area contributed by atoms with Crippen LogP contribution in [0.15, 0.2) is 236 Å². The number of nitrogens with one attached hydrogen (secondary N) is 1. The summed E-state index contributed by atoms with van der Waals surface area (Å²) in [6.45, 7) is 0. The maximum atomic E-state index is 5.36. The van der Waals surface area contributed by atoms with Crippen molar-refractivity contribution in [2.45, 2.75) is 6.29 Å². The highest BCUT2D eigenvalue weighted by Gasteiger charge is 2.21. The molecule has 12 rings (SSSR count). The van der Waals surface area contributed by atoms with Crippen LogP contribution in [0.4, 0.5) is 0 Å². The predicted molar refractivity (Wildman–Crippen MR) is 260 cm³/mol. The molecule has 4 nitrogen and oxygen atoms in total. The number of aliphatic imine (C=N–C) groups is 1. The van der Waals surface area contributed by atoms with Gasteiger partial charge in [0.25, 0.3) is 0 Å². The van der Waals surface area contributed by atoms with Crippen molar-refractivity contribution in [1.29, 1.82) is 0 Å². The van der Waals surface area contributed by atoms with Crippen molar-refractivity contribution in [3.05, 3.63) is 236 Å². The Bertz CT molecular complexity index is 3520. The zero-order chi connectivity index (χ0) is 41.0. The second-order valence-electron chi connectivity index (χ2n) is 16.0. The monoisotopic (exact) mass is 792 g/mol. The van der Waals surface area contributed by atoms with E-state index in [0.29, 0.717) is 0 Å². The number of aromatic nitrogens is 2. The summed E-state index contributed by atoms with van der Waals surface area (Å²) in [7, 11) is 0. The zero-order valence-corrected chi connectivity index (χ0v) is 33.9. The quantitative estimate of drug-likeness (QED) is 0.171. The Kier molecular flexibility index (Phi) is 8.53. The molecule has 0 spiro atoms. The van der Waals surface area contributed by atoms with Crippen molar-refractivity contribution in [2.75, 3.05) is 0 Å². The minimum atomic E-state index is -0.323. The summed E-state index contributed by atoms with van der Waals surface area (Å²) in [6.07, 6.45) is 3.79. The standard InChI is InChI=1S/C58H40N4/c1-4-13-39(14-5-1)41-23-25-42(26-24-41)43-17-12-18-47(35-43)53-33-34-59-58(60-53)62-54-22-11-10-21-49(54)50-37-45(29-32-57(50)62)46-28-31-56-52(38-46)51-36-44(40-15-6-2-7-16-40)27-30-55(51)61(56)48-19-8-3-9-20-48/h1-38,58-59H. The lowest BCUT2D eigenvalue weighted by Gasteiger charge is -2.22. The van der Waals surface area contributed by atoms with Crippen LogP contribution in [0.3, 0.4) is 0 Å². The Morgan fingerprint density at radius 3 is 1.44 bits per heavy atom. The fourth-order valence-corrected chi connectivity index (χ4v) is 9.39. The average Bonchev–Trinajstić information content (AvgIpc) is 3.87. The van der Waals surface area contributed by atoms with Crippen LogP contribution < -0.4 is 5.32 Å². The lowest BCUT2D eigenvalue weighted by Crippen LogP contribution is -2.25. The molecule has 62 heavy (non-hydrogen) atoms. The van der Waals surface area contributed by atoms with Crippen LogP contribution >= 0.6 is 0 Å². The largest absolute Gasteiger partial charge is 0.353 e. The highest BCUT2D eigenvalue weighted by atomic mass is 15.3. The number of allylic oxidation sites excluding steroid dienone is 1. The van der Waals surface area contributed by atoms with E-state index in [-0.39, 0.29) is 6.29 Å². The third-order valence-corrected chi connectivity index (χ3v) is 12.4. The number of hydrogen-bond donors (Lipinski definition) is 1. The van der Waals surface area contributed by atoms with Gasteiger partial charge in [-0.15, -0.1) is 0 Å². The Labute approximate surface area is 360 Å². The van der Waals surface area contributed by atoms with Crippen molar-refractivity contribution in [3.63, 3.8) is 0 Å². The van der Waals surface area contributed by atoms with Crippen molar-refractivity contribution >= 4 is 49.3 Å². The summed E-state index contributed by atoms with van der Waals surface area (Å²) in [5.41, 5.74) is 17.4. The minimum Gasteiger partial charge on any atom is -0.353 e. The first-order valence-electron chi connectivity index (χ1n) is 21.2. The van der Waals surface area contributed by atoms with Crippen LogP contribution in [0.2, 0.25) is 0 Å². The van der Waals surface area contributed by atoms with E-state index in [1.165, 1.54) is 71.5 Å². The van der Waals surface area contributed by atoms with Gasteiger partial charge in [-0.1, -0.05) is 158 Å². The molecule has 1 aliphatic heterocycles. The van der Waals surface area contributed by atoms with Gasteiger partial charge in [0, 0.05) is 39.0 Å². The molecule has 1 atom stereocenters. The second kappa shape index (κ2) is 14.8. The van der Waals surface area contributed by atoms with Gasteiger partial charge in [-0.2, -0.15) is 0 Å². The van der Waals surface area contributed by atoms with E-state index in [1.54, 1.807) is 0 Å². The van der Waals surface area contributed by atoms with E-state index in [4.69, 9.17) is 4.99 Å². The Hall–Kier alpha value is -8.21. The first-order valence-corrected chi connectivity index (χ1v) is 21.2. The zero-order valence-electron chi connectivity index (χ0n) is 33.9. The van der Waals surface area contributed by atoms with Gasteiger partial charge in [-0.25, -0.2) is 4.99 Å². The molecule has 4 heteroatoms. The third-order valence-electron chi connectivity index (χ3n) is 12.4. The van der Waals surface area contributed by atoms with Crippen LogP contribution in [0.5, 0.6) is 0 Å². The van der Waals surface area contributed by atoms with E-state index in [1.807, 2.05) is 6.20 Å². The molecule has 11 aromatic rings. The number of hydrogen-bond acceptors (Lipinski definition) is 2. The molecule has 292 valence electrons. The summed E-state index contributed by atoms with van der Waals surface area (Å²) in [5, 5.41) is 8.45. The number of rotatable bonds is 7. The number of nitrogens with zero attached hydrogens (tertiary/aromatic N) is 3. The molecule has 1 aliphatic rings. The normalized spacial score (nSPS) is 13.8. The lowest BCUT2D eigenvalue weighted by molar-refractivity contribution is 0.499. The molecule has 2 aromatic heterocycles. The summed E-state index contributed by atoms with van der Waals surface area (Å²) >= 11 is 0. The number of benzene rings is 9. The summed E-state index contributed by atoms with van der Waals surface area (Å²) in [4.78, 5) is 5.36. The van der Waals surface area contributed by atoms with E-state index >= 15 is 0 Å². The minimum absolute atomic E-state index is 0.323. The molecular weight excluding hydrogens is 753 g/mol.